The first-order valence-electron chi connectivity index (χ1n) is 10.2. The molecule has 2 aromatic carbocycles. The summed E-state index contributed by atoms with van der Waals surface area (Å²) < 4.78 is 0. The molecule has 0 saturated heterocycles. The highest BCUT2D eigenvalue weighted by Crippen LogP contribution is 2.37. The van der Waals surface area contributed by atoms with Crippen LogP contribution in [0.5, 0.6) is 0 Å². The molecule has 2 amide bonds. The van der Waals surface area contributed by atoms with E-state index in [9.17, 15) is 9.59 Å². The molecule has 1 heterocycles. The van der Waals surface area contributed by atoms with Gasteiger partial charge in [0.25, 0.3) is 5.91 Å². The van der Waals surface area contributed by atoms with Crippen LogP contribution >= 0.6 is 0 Å². The first kappa shape index (κ1) is 18.5. The fourth-order valence-corrected chi connectivity index (χ4v) is 4.22. The van der Waals surface area contributed by atoms with Gasteiger partial charge in [-0.1, -0.05) is 49.6 Å². The number of nitrogens with one attached hydrogen (secondary N) is 2. The van der Waals surface area contributed by atoms with Crippen molar-refractivity contribution in [3.05, 3.63) is 59.7 Å². The molecule has 0 aromatic heterocycles. The number of rotatable bonds is 4. The third kappa shape index (κ3) is 3.75. The lowest BCUT2D eigenvalue weighted by molar-refractivity contribution is -0.119. The molecule has 4 rings (SSSR count). The van der Waals surface area contributed by atoms with Crippen molar-refractivity contribution < 1.29 is 9.59 Å². The summed E-state index contributed by atoms with van der Waals surface area (Å²) in [6, 6.07) is 15.5. The van der Waals surface area contributed by atoms with Gasteiger partial charge in [-0.3, -0.25) is 9.59 Å². The summed E-state index contributed by atoms with van der Waals surface area (Å²) in [5.74, 6) is 0.0166. The lowest BCUT2D eigenvalue weighted by atomic mass is 9.92. The SMILES string of the molecule is CC1Nc2cc(C(=O)NCc3ccccc3)ccc2N(C2CCCCC2)C1=O. The Morgan fingerprint density at radius 2 is 1.86 bits per heavy atom. The fourth-order valence-electron chi connectivity index (χ4n) is 4.22. The minimum Gasteiger partial charge on any atom is -0.372 e. The molecule has 2 N–H and O–H groups in total. The summed E-state index contributed by atoms with van der Waals surface area (Å²) in [6.07, 6.45) is 5.70. The van der Waals surface area contributed by atoms with E-state index in [4.69, 9.17) is 0 Å². The number of carbonyl (C=O) groups excluding carboxylic acids is 2. The van der Waals surface area contributed by atoms with E-state index in [0.29, 0.717) is 12.1 Å². The molecule has 1 atom stereocenters. The van der Waals surface area contributed by atoms with Crippen LogP contribution in [-0.2, 0) is 11.3 Å². The molecule has 28 heavy (non-hydrogen) atoms. The van der Waals surface area contributed by atoms with Crippen molar-refractivity contribution in [1.82, 2.24) is 5.32 Å². The molecule has 1 saturated carbocycles. The van der Waals surface area contributed by atoms with Gasteiger partial charge in [-0.05, 0) is 43.5 Å². The maximum Gasteiger partial charge on any atom is 0.251 e. The van der Waals surface area contributed by atoms with E-state index in [1.165, 1.54) is 19.3 Å². The van der Waals surface area contributed by atoms with Gasteiger partial charge in [0.15, 0.2) is 0 Å². The second-order valence-corrected chi connectivity index (χ2v) is 7.77. The quantitative estimate of drug-likeness (QED) is 0.843. The number of anilines is 2. The molecule has 0 bridgehead atoms. The van der Waals surface area contributed by atoms with Crippen molar-refractivity contribution in [3.63, 3.8) is 0 Å². The highest BCUT2D eigenvalue weighted by atomic mass is 16.2. The monoisotopic (exact) mass is 377 g/mol. The molecule has 0 spiro atoms. The van der Waals surface area contributed by atoms with Gasteiger partial charge in [0.1, 0.15) is 6.04 Å². The highest BCUT2D eigenvalue weighted by Gasteiger charge is 2.35. The van der Waals surface area contributed by atoms with E-state index in [0.717, 1.165) is 29.8 Å². The van der Waals surface area contributed by atoms with Crippen molar-refractivity contribution in [2.45, 2.75) is 57.7 Å². The van der Waals surface area contributed by atoms with Crippen molar-refractivity contribution >= 4 is 23.2 Å². The molecule has 1 fully saturated rings. The van der Waals surface area contributed by atoms with E-state index in [1.807, 2.05) is 60.4 Å². The van der Waals surface area contributed by atoms with Gasteiger partial charge in [-0.15, -0.1) is 0 Å². The Labute approximate surface area is 166 Å². The Morgan fingerprint density at radius 3 is 2.61 bits per heavy atom. The van der Waals surface area contributed by atoms with E-state index in [1.54, 1.807) is 0 Å². The molecule has 1 aliphatic carbocycles. The van der Waals surface area contributed by atoms with Crippen molar-refractivity contribution in [2.75, 3.05) is 10.2 Å². The molecule has 1 unspecified atom stereocenters. The Kier molecular flexibility index (Phi) is 5.33. The van der Waals surface area contributed by atoms with Gasteiger partial charge < -0.3 is 15.5 Å². The first-order valence-corrected chi connectivity index (χ1v) is 10.2. The van der Waals surface area contributed by atoms with Crippen LogP contribution in [0, 0.1) is 0 Å². The van der Waals surface area contributed by atoms with E-state index in [-0.39, 0.29) is 23.9 Å². The Balaban J connectivity index is 1.54. The number of carbonyl (C=O) groups is 2. The molecule has 146 valence electrons. The van der Waals surface area contributed by atoms with Gasteiger partial charge in [0, 0.05) is 18.2 Å². The minimum atomic E-state index is -0.281. The number of nitrogens with zero attached hydrogens (tertiary/aromatic N) is 1. The zero-order valence-corrected chi connectivity index (χ0v) is 16.3. The van der Waals surface area contributed by atoms with Crippen LogP contribution in [0.4, 0.5) is 11.4 Å². The number of fused-ring (bicyclic) bond motifs is 1. The lowest BCUT2D eigenvalue weighted by Crippen LogP contribution is -2.51. The smallest absolute Gasteiger partial charge is 0.251 e. The summed E-state index contributed by atoms with van der Waals surface area (Å²) in [7, 11) is 0. The summed E-state index contributed by atoms with van der Waals surface area (Å²) >= 11 is 0. The maximum atomic E-state index is 12.8. The second-order valence-electron chi connectivity index (χ2n) is 7.77. The number of hydrogen-bond acceptors (Lipinski definition) is 3. The lowest BCUT2D eigenvalue weighted by Gasteiger charge is -2.40. The predicted molar refractivity (Wildman–Crippen MR) is 111 cm³/mol. The average molecular weight is 377 g/mol. The Morgan fingerprint density at radius 1 is 1.11 bits per heavy atom. The molecule has 2 aromatic rings. The van der Waals surface area contributed by atoms with Crippen LogP contribution in [-0.4, -0.2) is 23.9 Å². The van der Waals surface area contributed by atoms with Crippen LogP contribution in [0.25, 0.3) is 0 Å². The van der Waals surface area contributed by atoms with Crippen LogP contribution in [0.2, 0.25) is 0 Å². The Hall–Kier alpha value is -2.82. The van der Waals surface area contributed by atoms with Gasteiger partial charge >= 0.3 is 0 Å². The van der Waals surface area contributed by atoms with E-state index >= 15 is 0 Å². The standard InChI is InChI=1S/C23H27N3O2/c1-16-23(28)26(19-10-6-3-7-11-19)21-13-12-18(14-20(21)25-16)22(27)24-15-17-8-4-2-5-9-17/h2,4-5,8-9,12-14,16,19,25H,3,6-7,10-11,15H2,1H3,(H,24,27). The topological polar surface area (TPSA) is 61.4 Å². The number of amides is 2. The van der Waals surface area contributed by atoms with E-state index < -0.39 is 0 Å². The number of benzene rings is 2. The number of hydrogen-bond donors (Lipinski definition) is 2. The predicted octanol–water partition coefficient (Wildman–Crippen LogP) is 4.10. The summed E-state index contributed by atoms with van der Waals surface area (Å²) in [5.41, 5.74) is 3.43. The van der Waals surface area contributed by atoms with Gasteiger partial charge in [-0.2, -0.15) is 0 Å². The van der Waals surface area contributed by atoms with Gasteiger partial charge in [0.2, 0.25) is 5.91 Å². The summed E-state index contributed by atoms with van der Waals surface area (Å²) in [5, 5.41) is 6.25. The highest BCUT2D eigenvalue weighted by molar-refractivity contribution is 6.06. The zero-order valence-electron chi connectivity index (χ0n) is 16.3. The normalized spacial score (nSPS) is 19.7. The van der Waals surface area contributed by atoms with Gasteiger partial charge in [0.05, 0.1) is 11.4 Å². The molecule has 5 nitrogen and oxygen atoms in total. The molecular weight excluding hydrogens is 350 g/mol. The third-order valence-electron chi connectivity index (χ3n) is 5.73. The average Bonchev–Trinajstić information content (AvgIpc) is 2.74. The van der Waals surface area contributed by atoms with Crippen LogP contribution in [0.1, 0.15) is 54.9 Å². The molecule has 2 aliphatic rings. The van der Waals surface area contributed by atoms with Crippen LogP contribution in [0.3, 0.4) is 0 Å². The van der Waals surface area contributed by atoms with Crippen molar-refractivity contribution in [1.29, 1.82) is 0 Å². The minimum absolute atomic E-state index is 0.109. The van der Waals surface area contributed by atoms with Gasteiger partial charge in [-0.25, -0.2) is 0 Å². The summed E-state index contributed by atoms with van der Waals surface area (Å²) in [6.45, 7) is 2.39. The fraction of sp³-hybridized carbons (Fsp3) is 0.391. The van der Waals surface area contributed by atoms with Crippen molar-refractivity contribution in [3.8, 4) is 0 Å². The zero-order chi connectivity index (χ0) is 19.5. The second kappa shape index (κ2) is 8.05. The van der Waals surface area contributed by atoms with Crippen LogP contribution < -0.4 is 15.5 Å². The first-order chi connectivity index (χ1) is 13.6. The molecule has 0 radical (unpaired) electrons. The van der Waals surface area contributed by atoms with E-state index in [2.05, 4.69) is 10.6 Å². The molecule has 1 aliphatic heterocycles. The maximum absolute atomic E-state index is 12.8. The van der Waals surface area contributed by atoms with Crippen molar-refractivity contribution in [2.24, 2.45) is 0 Å². The Bertz CT molecular complexity index is 859. The van der Waals surface area contributed by atoms with Crippen LogP contribution in [0.15, 0.2) is 48.5 Å². The molecule has 5 heteroatoms. The largest absolute Gasteiger partial charge is 0.372 e. The third-order valence-corrected chi connectivity index (χ3v) is 5.73. The summed E-state index contributed by atoms with van der Waals surface area (Å²) in [4.78, 5) is 27.4. The molecular formula is C23H27N3O2.